The van der Waals surface area contributed by atoms with Gasteiger partial charge in [-0.15, -0.1) is 5.06 Å². The lowest BCUT2D eigenvalue weighted by Gasteiger charge is -2.36. The van der Waals surface area contributed by atoms with Crippen LogP contribution in [-0.4, -0.2) is 46.7 Å². The molecular formula is C22H32IN3O2. The second-order valence-electron chi connectivity index (χ2n) is 8.84. The lowest BCUT2D eigenvalue weighted by Crippen LogP contribution is -2.45. The molecule has 154 valence electrons. The van der Waals surface area contributed by atoms with Gasteiger partial charge in [0.15, 0.2) is 0 Å². The van der Waals surface area contributed by atoms with Gasteiger partial charge in [-0.1, -0.05) is 6.07 Å². The van der Waals surface area contributed by atoms with E-state index in [1.54, 1.807) is 0 Å². The Balaban J connectivity index is 1.83. The van der Waals surface area contributed by atoms with Crippen molar-refractivity contribution in [3.8, 4) is 0 Å². The molecule has 0 amide bonds. The number of hydrogen-bond acceptors (Lipinski definition) is 4. The average Bonchev–Trinajstić information content (AvgIpc) is 2.95. The Morgan fingerprint density at radius 2 is 1.93 bits per heavy atom. The molecule has 0 bridgehead atoms. The Morgan fingerprint density at radius 3 is 2.54 bits per heavy atom. The number of carbonyl (C=O) groups excluding carboxylic acids is 1. The molecule has 5 nitrogen and oxygen atoms in total. The van der Waals surface area contributed by atoms with E-state index in [9.17, 15) is 4.79 Å². The fourth-order valence-electron chi connectivity index (χ4n) is 3.65. The molecule has 6 heteroatoms. The second kappa shape index (κ2) is 8.71. The third kappa shape index (κ3) is 4.89. The van der Waals surface area contributed by atoms with E-state index in [1.165, 1.54) is 20.2 Å². The fraction of sp³-hybridized carbons (Fsp3) is 0.591. The number of benzene rings is 1. The summed E-state index contributed by atoms with van der Waals surface area (Å²) in [5.41, 5.74) is 1.92. The summed E-state index contributed by atoms with van der Waals surface area (Å²) in [6, 6.07) is 9.07. The minimum atomic E-state index is -0.512. The molecule has 0 aliphatic carbocycles. The zero-order valence-electron chi connectivity index (χ0n) is 17.7. The highest BCUT2D eigenvalue weighted by molar-refractivity contribution is 14.1. The number of nitrogens with zero attached hydrogens (tertiary/aromatic N) is 3. The number of rotatable bonds is 5. The van der Waals surface area contributed by atoms with E-state index < -0.39 is 5.41 Å². The maximum atomic E-state index is 12.6. The van der Waals surface area contributed by atoms with E-state index in [1.807, 2.05) is 25.8 Å². The van der Waals surface area contributed by atoms with Gasteiger partial charge in [0.1, 0.15) is 0 Å². The lowest BCUT2D eigenvalue weighted by molar-refractivity contribution is -0.218. The van der Waals surface area contributed by atoms with Gasteiger partial charge in [-0.25, -0.2) is 4.79 Å². The van der Waals surface area contributed by atoms with Gasteiger partial charge < -0.3 is 14.3 Å². The van der Waals surface area contributed by atoms with Crippen molar-refractivity contribution in [1.82, 2.24) is 14.5 Å². The van der Waals surface area contributed by atoms with Gasteiger partial charge in [-0.3, -0.25) is 0 Å². The highest BCUT2D eigenvalue weighted by Crippen LogP contribution is 2.26. The number of hydroxylamine groups is 2. The van der Waals surface area contributed by atoms with Crippen LogP contribution >= 0.6 is 22.6 Å². The van der Waals surface area contributed by atoms with Crippen LogP contribution < -0.4 is 0 Å². The SMILES string of the molecule is CCn1c(I)cc2cc(CN(OC(=O)C(C)(C)C)C3CCN(C)CC3)ccc21. The first-order valence-electron chi connectivity index (χ1n) is 10.1. The van der Waals surface area contributed by atoms with Crippen LogP contribution in [-0.2, 0) is 22.7 Å². The predicted octanol–water partition coefficient (Wildman–Crippen LogP) is 4.67. The molecule has 28 heavy (non-hydrogen) atoms. The third-order valence-corrected chi connectivity index (χ3v) is 6.37. The number of halogens is 1. The molecular weight excluding hydrogens is 465 g/mol. The van der Waals surface area contributed by atoms with Gasteiger partial charge in [-0.2, -0.15) is 0 Å². The minimum absolute atomic E-state index is 0.167. The van der Waals surface area contributed by atoms with Gasteiger partial charge >= 0.3 is 5.97 Å². The Bertz CT molecular complexity index is 832. The molecule has 0 N–H and O–H groups in total. The highest BCUT2D eigenvalue weighted by atomic mass is 127. The molecule has 3 rings (SSSR count). The van der Waals surface area contributed by atoms with E-state index in [-0.39, 0.29) is 12.0 Å². The van der Waals surface area contributed by atoms with Crippen LogP contribution in [0.25, 0.3) is 10.9 Å². The Morgan fingerprint density at radius 1 is 1.25 bits per heavy atom. The standard InChI is InChI=1S/C22H32IN3O2/c1-6-25-19-8-7-16(13-17(19)14-20(25)23)15-26(28-21(27)22(2,3)4)18-9-11-24(5)12-10-18/h7-8,13-14,18H,6,9-12,15H2,1-5H3. The second-order valence-corrected chi connectivity index (χ2v) is 9.95. The summed E-state index contributed by atoms with van der Waals surface area (Å²) in [6.07, 6.45) is 2.03. The van der Waals surface area contributed by atoms with Gasteiger partial charge in [-0.05, 0) is 107 Å². The number of likely N-dealkylation sites (tertiary alicyclic amines) is 1. The molecule has 2 aromatic rings. The monoisotopic (exact) mass is 497 g/mol. The molecule has 1 aromatic carbocycles. The number of aryl methyl sites for hydroxylation is 1. The number of piperidine rings is 1. The Hall–Kier alpha value is -1.12. The van der Waals surface area contributed by atoms with E-state index >= 15 is 0 Å². The molecule has 0 unspecified atom stereocenters. The third-order valence-electron chi connectivity index (χ3n) is 5.48. The zero-order valence-corrected chi connectivity index (χ0v) is 19.8. The van der Waals surface area contributed by atoms with Gasteiger partial charge in [0.2, 0.25) is 0 Å². The van der Waals surface area contributed by atoms with Crippen molar-refractivity contribution in [3.05, 3.63) is 33.5 Å². The summed E-state index contributed by atoms with van der Waals surface area (Å²) < 4.78 is 3.56. The predicted molar refractivity (Wildman–Crippen MR) is 122 cm³/mol. The summed E-state index contributed by atoms with van der Waals surface area (Å²) >= 11 is 2.39. The van der Waals surface area contributed by atoms with E-state index in [4.69, 9.17) is 4.84 Å². The maximum absolute atomic E-state index is 12.6. The topological polar surface area (TPSA) is 37.7 Å². The van der Waals surface area contributed by atoms with Gasteiger partial charge in [0.25, 0.3) is 0 Å². The van der Waals surface area contributed by atoms with Crippen molar-refractivity contribution in [3.63, 3.8) is 0 Å². The first-order valence-corrected chi connectivity index (χ1v) is 11.2. The Kier molecular flexibility index (Phi) is 6.72. The van der Waals surface area contributed by atoms with Crippen LogP contribution in [0.15, 0.2) is 24.3 Å². The largest absolute Gasteiger partial charge is 0.367 e. The lowest BCUT2D eigenvalue weighted by atomic mass is 9.97. The van der Waals surface area contributed by atoms with Gasteiger partial charge in [0.05, 0.1) is 15.7 Å². The molecule has 1 aliphatic heterocycles. The zero-order chi connectivity index (χ0) is 20.5. The molecule has 1 aromatic heterocycles. The summed E-state index contributed by atoms with van der Waals surface area (Å²) in [4.78, 5) is 20.9. The molecule has 2 heterocycles. The normalized spacial score (nSPS) is 16.8. The molecule has 1 aliphatic rings. The van der Waals surface area contributed by atoms with Crippen molar-refractivity contribution in [2.24, 2.45) is 5.41 Å². The number of hydrogen-bond donors (Lipinski definition) is 0. The van der Waals surface area contributed by atoms with Crippen LogP contribution in [0.2, 0.25) is 0 Å². The van der Waals surface area contributed by atoms with Crippen molar-refractivity contribution in [2.75, 3.05) is 20.1 Å². The fourth-order valence-corrected chi connectivity index (χ4v) is 4.59. The van der Waals surface area contributed by atoms with E-state index in [0.717, 1.165) is 32.5 Å². The molecule has 0 atom stereocenters. The average molecular weight is 497 g/mol. The van der Waals surface area contributed by atoms with Crippen LogP contribution in [0.4, 0.5) is 0 Å². The maximum Gasteiger partial charge on any atom is 0.330 e. The van der Waals surface area contributed by atoms with Crippen LogP contribution in [0.3, 0.4) is 0 Å². The smallest absolute Gasteiger partial charge is 0.330 e. The molecule has 1 saturated heterocycles. The number of carbonyl (C=O) groups is 1. The van der Waals surface area contributed by atoms with E-state index in [0.29, 0.717) is 6.54 Å². The molecule has 0 spiro atoms. The summed E-state index contributed by atoms with van der Waals surface area (Å²) in [5.74, 6) is -0.167. The van der Waals surface area contributed by atoms with Crippen molar-refractivity contribution in [1.29, 1.82) is 0 Å². The minimum Gasteiger partial charge on any atom is -0.367 e. The quantitative estimate of drug-likeness (QED) is 0.445. The molecule has 0 radical (unpaired) electrons. The summed E-state index contributed by atoms with van der Waals surface area (Å²) in [6.45, 7) is 11.5. The first kappa shape index (κ1) is 21.6. The van der Waals surface area contributed by atoms with Gasteiger partial charge in [0, 0.05) is 23.5 Å². The van der Waals surface area contributed by atoms with Crippen LogP contribution in [0.1, 0.15) is 46.1 Å². The van der Waals surface area contributed by atoms with Crippen LogP contribution in [0, 0.1) is 9.12 Å². The number of aromatic nitrogens is 1. The summed E-state index contributed by atoms with van der Waals surface area (Å²) in [5, 5.41) is 3.18. The Labute approximate surface area is 182 Å². The van der Waals surface area contributed by atoms with Crippen molar-refractivity contribution < 1.29 is 9.63 Å². The highest BCUT2D eigenvalue weighted by Gasteiger charge is 2.31. The number of fused-ring (bicyclic) bond motifs is 1. The first-order chi connectivity index (χ1) is 13.2. The van der Waals surface area contributed by atoms with E-state index in [2.05, 4.69) is 70.3 Å². The van der Waals surface area contributed by atoms with Crippen LogP contribution in [0.5, 0.6) is 0 Å². The molecule has 1 fully saturated rings. The van der Waals surface area contributed by atoms with Crippen molar-refractivity contribution in [2.45, 2.75) is 59.7 Å². The molecule has 0 saturated carbocycles. The van der Waals surface area contributed by atoms with Crippen molar-refractivity contribution >= 4 is 39.5 Å². The summed E-state index contributed by atoms with van der Waals surface area (Å²) in [7, 11) is 2.15.